The molecule has 2 N–H and O–H groups in total. The van der Waals surface area contributed by atoms with Gasteiger partial charge in [-0.25, -0.2) is 0 Å². The lowest BCUT2D eigenvalue weighted by molar-refractivity contribution is 0.190. The number of hydrogen-bond donors (Lipinski definition) is 1. The number of methoxy groups -OCH3 is 1. The SMILES string of the molecule is COCCCC(N)C1CCCS1. The Balaban J connectivity index is 2.05. The second-order valence-corrected chi connectivity index (χ2v) is 4.70. The molecular weight excluding hydrogens is 170 g/mol. The van der Waals surface area contributed by atoms with Gasteiger partial charge in [0.1, 0.15) is 0 Å². The Morgan fingerprint density at radius 1 is 1.67 bits per heavy atom. The number of hydrogen-bond acceptors (Lipinski definition) is 3. The summed E-state index contributed by atoms with van der Waals surface area (Å²) in [7, 11) is 1.75. The molecule has 1 saturated heterocycles. The van der Waals surface area contributed by atoms with Crippen molar-refractivity contribution in [3.05, 3.63) is 0 Å². The minimum absolute atomic E-state index is 0.396. The standard InChI is InChI=1S/C9H19NOS/c1-11-6-2-4-8(10)9-5-3-7-12-9/h8-9H,2-7,10H2,1H3. The number of nitrogens with two attached hydrogens (primary N) is 1. The minimum Gasteiger partial charge on any atom is -0.385 e. The molecule has 0 aromatic rings. The van der Waals surface area contributed by atoms with E-state index in [2.05, 4.69) is 0 Å². The molecular formula is C9H19NOS. The molecule has 3 heteroatoms. The van der Waals surface area contributed by atoms with Crippen LogP contribution in [0.5, 0.6) is 0 Å². The molecule has 0 spiro atoms. The van der Waals surface area contributed by atoms with Crippen molar-refractivity contribution >= 4 is 11.8 Å². The lowest BCUT2D eigenvalue weighted by Crippen LogP contribution is -2.30. The van der Waals surface area contributed by atoms with Crippen molar-refractivity contribution in [1.29, 1.82) is 0 Å². The van der Waals surface area contributed by atoms with Crippen molar-refractivity contribution in [3.8, 4) is 0 Å². The van der Waals surface area contributed by atoms with Crippen molar-refractivity contribution in [2.45, 2.75) is 37.0 Å². The van der Waals surface area contributed by atoms with Gasteiger partial charge in [-0.3, -0.25) is 0 Å². The first-order valence-corrected chi connectivity index (χ1v) is 5.75. The van der Waals surface area contributed by atoms with Crippen molar-refractivity contribution in [3.63, 3.8) is 0 Å². The zero-order chi connectivity index (χ0) is 8.81. The molecule has 1 fully saturated rings. The predicted molar refractivity (Wildman–Crippen MR) is 54.6 cm³/mol. The molecule has 12 heavy (non-hydrogen) atoms. The predicted octanol–water partition coefficient (Wildman–Crippen LogP) is 1.64. The lowest BCUT2D eigenvalue weighted by atomic mass is 10.1. The van der Waals surface area contributed by atoms with E-state index in [9.17, 15) is 0 Å². The molecule has 72 valence electrons. The van der Waals surface area contributed by atoms with E-state index in [0.717, 1.165) is 24.7 Å². The fourth-order valence-electron chi connectivity index (χ4n) is 1.59. The van der Waals surface area contributed by atoms with Gasteiger partial charge in [-0.05, 0) is 31.4 Å². The van der Waals surface area contributed by atoms with Crippen LogP contribution in [-0.2, 0) is 4.74 Å². The van der Waals surface area contributed by atoms with Crippen LogP contribution in [0, 0.1) is 0 Å². The largest absolute Gasteiger partial charge is 0.385 e. The topological polar surface area (TPSA) is 35.2 Å². The van der Waals surface area contributed by atoms with Gasteiger partial charge in [-0.2, -0.15) is 11.8 Å². The monoisotopic (exact) mass is 189 g/mol. The summed E-state index contributed by atoms with van der Waals surface area (Å²) >= 11 is 2.04. The van der Waals surface area contributed by atoms with Crippen LogP contribution in [-0.4, -0.2) is 30.8 Å². The van der Waals surface area contributed by atoms with Crippen molar-refractivity contribution < 1.29 is 4.74 Å². The fraction of sp³-hybridized carbons (Fsp3) is 1.00. The van der Waals surface area contributed by atoms with E-state index < -0.39 is 0 Å². The zero-order valence-corrected chi connectivity index (χ0v) is 8.61. The Labute approximate surface area is 79.2 Å². The second kappa shape index (κ2) is 5.84. The van der Waals surface area contributed by atoms with Gasteiger partial charge in [0.25, 0.3) is 0 Å². The highest BCUT2D eigenvalue weighted by atomic mass is 32.2. The normalized spacial score (nSPS) is 26.0. The minimum atomic E-state index is 0.396. The Hall–Kier alpha value is 0.270. The summed E-state index contributed by atoms with van der Waals surface area (Å²) < 4.78 is 4.99. The zero-order valence-electron chi connectivity index (χ0n) is 7.79. The molecule has 1 aliphatic rings. The van der Waals surface area contributed by atoms with Gasteiger partial charge in [-0.15, -0.1) is 0 Å². The van der Waals surface area contributed by atoms with Crippen LogP contribution in [0.4, 0.5) is 0 Å². The fourth-order valence-corrected chi connectivity index (χ4v) is 2.94. The van der Waals surface area contributed by atoms with Gasteiger partial charge < -0.3 is 10.5 Å². The molecule has 1 aliphatic heterocycles. The maximum Gasteiger partial charge on any atom is 0.0462 e. The van der Waals surface area contributed by atoms with Gasteiger partial charge >= 0.3 is 0 Å². The Morgan fingerprint density at radius 2 is 2.50 bits per heavy atom. The van der Waals surface area contributed by atoms with Gasteiger partial charge in [0, 0.05) is 25.0 Å². The maximum atomic E-state index is 6.04. The van der Waals surface area contributed by atoms with E-state index in [0.29, 0.717) is 6.04 Å². The summed E-state index contributed by atoms with van der Waals surface area (Å²) in [6.45, 7) is 0.852. The second-order valence-electron chi connectivity index (χ2n) is 3.35. The summed E-state index contributed by atoms with van der Waals surface area (Å²) in [6.07, 6.45) is 4.90. The average molecular weight is 189 g/mol. The molecule has 1 rings (SSSR count). The molecule has 0 saturated carbocycles. The van der Waals surface area contributed by atoms with Crippen molar-refractivity contribution in [2.75, 3.05) is 19.5 Å². The Morgan fingerprint density at radius 3 is 3.08 bits per heavy atom. The average Bonchev–Trinajstić information content (AvgIpc) is 2.56. The molecule has 2 nitrogen and oxygen atoms in total. The third kappa shape index (κ3) is 3.33. The smallest absolute Gasteiger partial charge is 0.0462 e. The van der Waals surface area contributed by atoms with Crippen LogP contribution in [0.25, 0.3) is 0 Å². The summed E-state index contributed by atoms with van der Waals surface area (Å²) in [5.41, 5.74) is 6.04. The molecule has 0 bridgehead atoms. The molecule has 0 aromatic carbocycles. The van der Waals surface area contributed by atoms with Gasteiger partial charge in [0.2, 0.25) is 0 Å². The number of ether oxygens (including phenoxy) is 1. The summed E-state index contributed by atoms with van der Waals surface area (Å²) in [5.74, 6) is 1.31. The van der Waals surface area contributed by atoms with Crippen LogP contribution in [0.1, 0.15) is 25.7 Å². The summed E-state index contributed by atoms with van der Waals surface area (Å²) in [5, 5.41) is 0.724. The Kier molecular flexibility index (Phi) is 5.04. The van der Waals surface area contributed by atoms with E-state index in [4.69, 9.17) is 10.5 Å². The first-order valence-electron chi connectivity index (χ1n) is 4.70. The van der Waals surface area contributed by atoms with Crippen molar-refractivity contribution in [1.82, 2.24) is 0 Å². The van der Waals surface area contributed by atoms with E-state index >= 15 is 0 Å². The number of thioether (sulfide) groups is 1. The summed E-state index contributed by atoms with van der Waals surface area (Å²) in [6, 6.07) is 0.396. The molecule has 2 atom stereocenters. The van der Waals surface area contributed by atoms with Crippen LogP contribution in [0.15, 0.2) is 0 Å². The van der Waals surface area contributed by atoms with Gasteiger partial charge in [0.05, 0.1) is 0 Å². The van der Waals surface area contributed by atoms with Gasteiger partial charge in [0.15, 0.2) is 0 Å². The third-order valence-corrected chi connectivity index (χ3v) is 3.87. The molecule has 0 amide bonds. The van der Waals surface area contributed by atoms with E-state index in [1.54, 1.807) is 7.11 Å². The molecule has 2 unspecified atom stereocenters. The summed E-state index contributed by atoms with van der Waals surface area (Å²) in [4.78, 5) is 0. The van der Waals surface area contributed by atoms with Crippen LogP contribution >= 0.6 is 11.8 Å². The number of rotatable bonds is 5. The first kappa shape index (κ1) is 10.4. The van der Waals surface area contributed by atoms with Gasteiger partial charge in [-0.1, -0.05) is 0 Å². The van der Waals surface area contributed by atoms with Crippen LogP contribution in [0.3, 0.4) is 0 Å². The Bertz CT molecular complexity index is 115. The molecule has 1 heterocycles. The van der Waals surface area contributed by atoms with E-state index in [1.807, 2.05) is 11.8 Å². The molecule has 0 aliphatic carbocycles. The lowest BCUT2D eigenvalue weighted by Gasteiger charge is -2.17. The van der Waals surface area contributed by atoms with E-state index in [-0.39, 0.29) is 0 Å². The molecule has 0 aromatic heterocycles. The van der Waals surface area contributed by atoms with E-state index in [1.165, 1.54) is 18.6 Å². The third-order valence-electron chi connectivity index (χ3n) is 2.33. The maximum absolute atomic E-state index is 6.04. The highest BCUT2D eigenvalue weighted by molar-refractivity contribution is 8.00. The quantitative estimate of drug-likeness (QED) is 0.668. The first-order chi connectivity index (χ1) is 5.84. The molecule has 0 radical (unpaired) electrons. The van der Waals surface area contributed by atoms with Crippen LogP contribution < -0.4 is 5.73 Å². The van der Waals surface area contributed by atoms with Crippen LogP contribution in [0.2, 0.25) is 0 Å². The highest BCUT2D eigenvalue weighted by Gasteiger charge is 2.21. The highest BCUT2D eigenvalue weighted by Crippen LogP contribution is 2.29. The van der Waals surface area contributed by atoms with Crippen molar-refractivity contribution in [2.24, 2.45) is 5.73 Å².